The van der Waals surface area contributed by atoms with Crippen LogP contribution in [0.5, 0.6) is 0 Å². The van der Waals surface area contributed by atoms with E-state index in [1.54, 1.807) is 4.90 Å². The number of imidazole rings is 1. The Bertz CT molecular complexity index is 1100. The lowest BCUT2D eigenvalue weighted by Gasteiger charge is -2.47. The molecule has 204 valence electrons. The molecule has 5 rings (SSSR count). The van der Waals surface area contributed by atoms with Gasteiger partial charge in [0.15, 0.2) is 0 Å². The molecule has 0 atom stereocenters. The van der Waals surface area contributed by atoms with E-state index in [-0.39, 0.29) is 11.4 Å². The largest absolute Gasteiger partial charge is 0.490 e. The number of fused-ring (bicyclic) bond motifs is 2. The molecule has 4 heterocycles. The third-order valence-corrected chi connectivity index (χ3v) is 8.24. The first-order valence-corrected chi connectivity index (χ1v) is 13.3. The fourth-order valence-electron chi connectivity index (χ4n) is 5.30. The molecule has 0 unspecified atom stereocenters. The van der Waals surface area contributed by atoms with Crippen LogP contribution in [0.4, 0.5) is 18.0 Å². The number of amides is 2. The van der Waals surface area contributed by atoms with E-state index in [0.717, 1.165) is 58.0 Å². The van der Waals surface area contributed by atoms with E-state index < -0.39 is 12.1 Å². The van der Waals surface area contributed by atoms with Crippen LogP contribution >= 0.6 is 11.3 Å². The third kappa shape index (κ3) is 6.28. The molecule has 2 aliphatic heterocycles. The predicted molar refractivity (Wildman–Crippen MR) is 133 cm³/mol. The van der Waals surface area contributed by atoms with Gasteiger partial charge in [0.05, 0.1) is 11.4 Å². The van der Waals surface area contributed by atoms with Gasteiger partial charge >= 0.3 is 18.2 Å². The molecule has 12 heteroatoms. The van der Waals surface area contributed by atoms with Crippen LogP contribution in [0.2, 0.25) is 0 Å². The zero-order valence-electron chi connectivity index (χ0n) is 21.4. The van der Waals surface area contributed by atoms with Gasteiger partial charge in [-0.3, -0.25) is 4.90 Å². The minimum atomic E-state index is -5.08. The number of nitrogens with zero attached hydrogens (tertiary/aromatic N) is 5. The maximum Gasteiger partial charge on any atom is 0.490 e. The number of urea groups is 1. The summed E-state index contributed by atoms with van der Waals surface area (Å²) in [5, 5.41) is 9.30. The smallest absolute Gasteiger partial charge is 0.475 e. The summed E-state index contributed by atoms with van der Waals surface area (Å²) in [6.45, 7) is 7.98. The lowest BCUT2D eigenvalue weighted by molar-refractivity contribution is -0.192. The maximum atomic E-state index is 12.5. The monoisotopic (exact) mass is 541 g/mol. The van der Waals surface area contributed by atoms with Gasteiger partial charge in [-0.05, 0) is 50.0 Å². The topological polar surface area (TPSA) is 81.9 Å². The second-order valence-electron chi connectivity index (χ2n) is 10.5. The van der Waals surface area contributed by atoms with Gasteiger partial charge in [0.25, 0.3) is 0 Å². The molecule has 2 aromatic heterocycles. The summed E-state index contributed by atoms with van der Waals surface area (Å²) in [6.07, 6.45) is -0.364. The van der Waals surface area contributed by atoms with Crippen LogP contribution in [0.3, 0.4) is 0 Å². The number of hydrogen-bond acceptors (Lipinski definition) is 5. The Morgan fingerprint density at radius 1 is 1.24 bits per heavy atom. The molecule has 2 amide bonds. The molecule has 2 fully saturated rings. The van der Waals surface area contributed by atoms with Crippen LogP contribution in [0.1, 0.15) is 47.8 Å². The number of alkyl halides is 3. The molecule has 1 saturated carbocycles. The fraction of sp³-hybridized carbons (Fsp3) is 0.640. The molecule has 37 heavy (non-hydrogen) atoms. The van der Waals surface area contributed by atoms with Crippen LogP contribution in [-0.2, 0) is 29.8 Å². The van der Waals surface area contributed by atoms with E-state index in [0.29, 0.717) is 0 Å². The van der Waals surface area contributed by atoms with Crippen LogP contribution in [-0.4, -0.2) is 81.3 Å². The molecule has 0 radical (unpaired) electrons. The molecule has 0 bridgehead atoms. The number of likely N-dealkylation sites (tertiary alicyclic amines) is 1. The first-order valence-electron chi connectivity index (χ1n) is 12.5. The summed E-state index contributed by atoms with van der Waals surface area (Å²) in [5.41, 5.74) is 2.84. The standard InChI is InChI=1S/C23H33N5OS.C2HF3O2/c1-17-24-21-20(28(17)13-18-6-7-18)15-26(14-19-5-4-12-30-19)16-23(21)8-10-27(11-9-23)22(29)25(2)3;3-2(4,5)1(6)7/h4-5,12,18H,6-11,13-16H2,1-3H3;(H,6,7). The molecule has 1 saturated heterocycles. The van der Waals surface area contributed by atoms with Crippen molar-refractivity contribution in [3.8, 4) is 0 Å². The molecule has 2 aromatic rings. The van der Waals surface area contributed by atoms with Crippen molar-refractivity contribution in [2.24, 2.45) is 5.92 Å². The Balaban J connectivity index is 0.000000405. The Labute approximate surface area is 218 Å². The number of carbonyl (C=O) groups excluding carboxylic acids is 1. The first-order chi connectivity index (χ1) is 17.4. The summed E-state index contributed by atoms with van der Waals surface area (Å²) < 4.78 is 34.3. The molecule has 0 aromatic carbocycles. The number of carbonyl (C=O) groups is 2. The summed E-state index contributed by atoms with van der Waals surface area (Å²) >= 11 is 1.85. The van der Waals surface area contributed by atoms with Gasteiger partial charge in [-0.1, -0.05) is 6.07 Å². The van der Waals surface area contributed by atoms with Crippen molar-refractivity contribution in [3.63, 3.8) is 0 Å². The normalized spacial score (nSPS) is 19.2. The van der Waals surface area contributed by atoms with Crippen molar-refractivity contribution < 1.29 is 27.9 Å². The SMILES string of the molecule is Cc1nc2c(n1CC1CC1)CN(Cc1cccs1)CC21CCN(C(=O)N(C)C)CC1.O=C(O)C(F)(F)F. The number of thiophene rings is 1. The van der Waals surface area contributed by atoms with E-state index in [1.165, 1.54) is 34.9 Å². The van der Waals surface area contributed by atoms with Crippen LogP contribution in [0.15, 0.2) is 17.5 Å². The number of aromatic nitrogens is 2. The molecular weight excluding hydrogens is 507 g/mol. The van der Waals surface area contributed by atoms with Crippen LogP contribution in [0.25, 0.3) is 0 Å². The Morgan fingerprint density at radius 3 is 2.41 bits per heavy atom. The van der Waals surface area contributed by atoms with Crippen molar-refractivity contribution in [1.82, 2.24) is 24.3 Å². The Kier molecular flexibility index (Phi) is 7.89. The van der Waals surface area contributed by atoms with Crippen molar-refractivity contribution >= 4 is 23.3 Å². The van der Waals surface area contributed by atoms with E-state index in [9.17, 15) is 18.0 Å². The summed E-state index contributed by atoms with van der Waals surface area (Å²) in [6, 6.07) is 4.53. The maximum absolute atomic E-state index is 12.5. The quantitative estimate of drug-likeness (QED) is 0.623. The Hall–Kier alpha value is -2.60. The molecular formula is C25H34F3N5O3S. The van der Waals surface area contributed by atoms with Gasteiger partial charge in [0.2, 0.25) is 0 Å². The fourth-order valence-corrected chi connectivity index (χ4v) is 6.05. The van der Waals surface area contributed by atoms with Crippen LogP contribution in [0, 0.1) is 12.8 Å². The summed E-state index contributed by atoms with van der Waals surface area (Å²) in [4.78, 5) is 34.3. The summed E-state index contributed by atoms with van der Waals surface area (Å²) in [5.74, 6) is -0.742. The number of carboxylic acids is 1. The van der Waals surface area contributed by atoms with Gasteiger partial charge in [-0.15, -0.1) is 11.3 Å². The zero-order chi connectivity index (χ0) is 27.0. The highest BCUT2D eigenvalue weighted by Gasteiger charge is 2.46. The van der Waals surface area contributed by atoms with Crippen molar-refractivity contribution in [1.29, 1.82) is 0 Å². The lowest BCUT2D eigenvalue weighted by Crippen LogP contribution is -2.54. The zero-order valence-corrected chi connectivity index (χ0v) is 22.2. The minimum absolute atomic E-state index is 0.0630. The lowest BCUT2D eigenvalue weighted by atomic mass is 9.72. The number of hydrogen-bond donors (Lipinski definition) is 1. The number of piperidine rings is 1. The number of carboxylic acid groups (broad SMARTS) is 1. The predicted octanol–water partition coefficient (Wildman–Crippen LogP) is 4.33. The van der Waals surface area contributed by atoms with E-state index in [2.05, 4.69) is 33.9 Å². The summed E-state index contributed by atoms with van der Waals surface area (Å²) in [7, 11) is 3.69. The molecule has 1 N–H and O–H groups in total. The van der Waals surface area contributed by atoms with Gasteiger partial charge in [-0.2, -0.15) is 13.2 Å². The number of halogens is 3. The molecule has 3 aliphatic rings. The highest BCUT2D eigenvalue weighted by Crippen LogP contribution is 2.43. The third-order valence-electron chi connectivity index (χ3n) is 7.38. The highest BCUT2D eigenvalue weighted by atomic mass is 32.1. The van der Waals surface area contributed by atoms with Gasteiger partial charge in [0.1, 0.15) is 5.82 Å². The van der Waals surface area contributed by atoms with E-state index in [1.807, 2.05) is 30.3 Å². The van der Waals surface area contributed by atoms with E-state index >= 15 is 0 Å². The second kappa shape index (κ2) is 10.6. The average molecular weight is 542 g/mol. The van der Waals surface area contributed by atoms with Crippen molar-refractivity contribution in [2.75, 3.05) is 33.7 Å². The van der Waals surface area contributed by atoms with Crippen LogP contribution < -0.4 is 0 Å². The van der Waals surface area contributed by atoms with Crippen molar-refractivity contribution in [2.45, 2.75) is 63.8 Å². The van der Waals surface area contributed by atoms with Crippen molar-refractivity contribution in [3.05, 3.63) is 39.6 Å². The highest BCUT2D eigenvalue weighted by molar-refractivity contribution is 7.09. The molecule has 1 aliphatic carbocycles. The Morgan fingerprint density at radius 2 is 1.89 bits per heavy atom. The molecule has 1 spiro atoms. The first kappa shape index (κ1) is 27.4. The second-order valence-corrected chi connectivity index (χ2v) is 11.5. The number of aryl methyl sites for hydroxylation is 1. The van der Waals surface area contributed by atoms with E-state index in [4.69, 9.17) is 14.9 Å². The average Bonchev–Trinajstić information content (AvgIpc) is 3.40. The van der Waals surface area contributed by atoms with Gasteiger partial charge in [0, 0.05) is 63.7 Å². The van der Waals surface area contributed by atoms with Gasteiger partial charge in [-0.25, -0.2) is 14.6 Å². The number of aliphatic carboxylic acids is 1. The van der Waals surface area contributed by atoms with Gasteiger partial charge < -0.3 is 19.5 Å². The molecule has 8 nitrogen and oxygen atoms in total. The minimum Gasteiger partial charge on any atom is -0.475 e. The number of rotatable bonds is 4.